The van der Waals surface area contributed by atoms with E-state index in [1.807, 2.05) is 0 Å². The van der Waals surface area contributed by atoms with E-state index in [2.05, 4.69) is 5.10 Å². The van der Waals surface area contributed by atoms with Crippen molar-refractivity contribution in [3.63, 3.8) is 0 Å². The van der Waals surface area contributed by atoms with E-state index >= 15 is 0 Å². The SMILES string of the molecule is CC(Oc1ccccc1C(F)(F)F)C(=O)n1ncc(C#N)c1N. The number of carbonyl (C=O) groups is 1. The summed E-state index contributed by atoms with van der Waals surface area (Å²) in [5.41, 5.74) is 4.56. The van der Waals surface area contributed by atoms with Crippen LogP contribution in [0.1, 0.15) is 22.8 Å². The van der Waals surface area contributed by atoms with Crippen LogP contribution >= 0.6 is 0 Å². The molecule has 0 radical (unpaired) electrons. The zero-order valence-electron chi connectivity index (χ0n) is 11.8. The summed E-state index contributed by atoms with van der Waals surface area (Å²) in [7, 11) is 0. The summed E-state index contributed by atoms with van der Waals surface area (Å²) in [6, 6.07) is 6.27. The van der Waals surface area contributed by atoms with Crippen LogP contribution in [0.15, 0.2) is 30.5 Å². The summed E-state index contributed by atoms with van der Waals surface area (Å²) < 4.78 is 44.5. The Morgan fingerprint density at radius 1 is 1.43 bits per heavy atom. The van der Waals surface area contributed by atoms with Crippen molar-refractivity contribution in [1.82, 2.24) is 9.78 Å². The number of anilines is 1. The summed E-state index contributed by atoms with van der Waals surface area (Å²) in [6.45, 7) is 1.27. The van der Waals surface area contributed by atoms with Gasteiger partial charge < -0.3 is 10.5 Å². The largest absolute Gasteiger partial charge is 0.480 e. The molecule has 9 heteroatoms. The van der Waals surface area contributed by atoms with E-state index in [-0.39, 0.29) is 11.4 Å². The molecule has 2 rings (SSSR count). The van der Waals surface area contributed by atoms with Gasteiger partial charge in [-0.3, -0.25) is 4.79 Å². The van der Waals surface area contributed by atoms with Gasteiger partial charge in [-0.25, -0.2) is 0 Å². The first-order chi connectivity index (χ1) is 10.8. The van der Waals surface area contributed by atoms with E-state index in [0.29, 0.717) is 0 Å². The first-order valence-electron chi connectivity index (χ1n) is 6.36. The van der Waals surface area contributed by atoms with Crippen molar-refractivity contribution >= 4 is 11.7 Å². The van der Waals surface area contributed by atoms with Crippen molar-refractivity contribution in [3.05, 3.63) is 41.6 Å². The molecule has 0 aliphatic rings. The average Bonchev–Trinajstić information content (AvgIpc) is 2.86. The molecular weight excluding hydrogens is 313 g/mol. The Kier molecular flexibility index (Phi) is 4.27. The number of halogens is 3. The summed E-state index contributed by atoms with van der Waals surface area (Å²) in [4.78, 5) is 12.2. The van der Waals surface area contributed by atoms with E-state index in [1.165, 1.54) is 19.1 Å². The van der Waals surface area contributed by atoms with Crippen LogP contribution in [-0.4, -0.2) is 21.8 Å². The van der Waals surface area contributed by atoms with Crippen LogP contribution < -0.4 is 10.5 Å². The third kappa shape index (κ3) is 3.26. The second-order valence-corrected chi connectivity index (χ2v) is 4.56. The molecule has 0 fully saturated rings. The second kappa shape index (κ2) is 6.00. The molecule has 0 amide bonds. The number of nitrogen functional groups attached to an aromatic ring is 1. The Morgan fingerprint density at radius 3 is 2.65 bits per heavy atom. The molecule has 23 heavy (non-hydrogen) atoms. The Balaban J connectivity index is 2.26. The van der Waals surface area contributed by atoms with E-state index in [4.69, 9.17) is 15.7 Å². The summed E-state index contributed by atoms with van der Waals surface area (Å²) in [6.07, 6.45) is -4.81. The van der Waals surface area contributed by atoms with Gasteiger partial charge in [-0.2, -0.15) is 28.2 Å². The lowest BCUT2D eigenvalue weighted by atomic mass is 10.2. The minimum absolute atomic E-state index is 0.0127. The van der Waals surface area contributed by atoms with Crippen molar-refractivity contribution in [2.45, 2.75) is 19.2 Å². The number of alkyl halides is 3. The average molecular weight is 324 g/mol. The first kappa shape index (κ1) is 16.4. The van der Waals surface area contributed by atoms with Gasteiger partial charge in [0.25, 0.3) is 5.91 Å². The Hall–Kier alpha value is -3.02. The third-order valence-corrected chi connectivity index (χ3v) is 2.98. The lowest BCUT2D eigenvalue weighted by molar-refractivity contribution is -0.139. The fourth-order valence-corrected chi connectivity index (χ4v) is 1.84. The molecule has 1 heterocycles. The monoisotopic (exact) mass is 324 g/mol. The number of nitrogens with two attached hydrogens (primary N) is 1. The topological polar surface area (TPSA) is 93.9 Å². The minimum Gasteiger partial charge on any atom is -0.480 e. The van der Waals surface area contributed by atoms with Crippen molar-refractivity contribution in [3.8, 4) is 11.8 Å². The van der Waals surface area contributed by atoms with Crippen LogP contribution in [0.3, 0.4) is 0 Å². The maximum atomic E-state index is 12.9. The van der Waals surface area contributed by atoms with E-state index in [1.54, 1.807) is 6.07 Å². The molecule has 1 atom stereocenters. The van der Waals surface area contributed by atoms with Gasteiger partial charge in [0, 0.05) is 0 Å². The highest BCUT2D eigenvalue weighted by Crippen LogP contribution is 2.36. The smallest absolute Gasteiger partial charge is 0.419 e. The van der Waals surface area contributed by atoms with Crippen LogP contribution in [0.2, 0.25) is 0 Å². The lowest BCUT2D eigenvalue weighted by Crippen LogP contribution is -2.31. The number of benzene rings is 1. The maximum absolute atomic E-state index is 12.9. The number of hydrogen-bond acceptors (Lipinski definition) is 5. The Bertz CT molecular complexity index is 777. The first-order valence-corrected chi connectivity index (χ1v) is 6.36. The highest BCUT2D eigenvalue weighted by Gasteiger charge is 2.35. The van der Waals surface area contributed by atoms with Gasteiger partial charge in [-0.1, -0.05) is 12.1 Å². The molecular formula is C14H11F3N4O2. The Morgan fingerprint density at radius 2 is 2.09 bits per heavy atom. The number of aromatic nitrogens is 2. The predicted octanol–water partition coefficient (Wildman–Crippen LogP) is 2.46. The molecule has 1 aromatic heterocycles. The number of hydrogen-bond donors (Lipinski definition) is 1. The van der Waals surface area contributed by atoms with Crippen molar-refractivity contribution in [2.75, 3.05) is 5.73 Å². The van der Waals surface area contributed by atoms with Gasteiger partial charge in [0.05, 0.1) is 11.8 Å². The number of nitriles is 1. The number of carbonyl (C=O) groups excluding carboxylic acids is 1. The quantitative estimate of drug-likeness (QED) is 0.936. The van der Waals surface area contributed by atoms with Crippen LogP contribution in [0, 0.1) is 11.3 Å². The number of para-hydroxylation sites is 1. The highest BCUT2D eigenvalue weighted by atomic mass is 19.4. The van der Waals surface area contributed by atoms with Gasteiger partial charge >= 0.3 is 6.18 Å². The van der Waals surface area contributed by atoms with Gasteiger partial charge in [0.2, 0.25) is 0 Å². The molecule has 120 valence electrons. The third-order valence-electron chi connectivity index (χ3n) is 2.98. The molecule has 0 bridgehead atoms. The van der Waals surface area contributed by atoms with E-state index < -0.39 is 29.5 Å². The number of nitrogens with zero attached hydrogens (tertiary/aromatic N) is 3. The number of rotatable bonds is 3. The van der Waals surface area contributed by atoms with Crippen LogP contribution in [0.5, 0.6) is 5.75 Å². The minimum atomic E-state index is -4.61. The van der Waals surface area contributed by atoms with Crippen LogP contribution in [-0.2, 0) is 6.18 Å². The molecule has 2 aromatic rings. The van der Waals surface area contributed by atoms with Gasteiger partial charge in [0.1, 0.15) is 23.2 Å². The van der Waals surface area contributed by atoms with Crippen molar-refractivity contribution in [2.24, 2.45) is 0 Å². The predicted molar refractivity (Wildman–Crippen MR) is 73.5 cm³/mol. The van der Waals surface area contributed by atoms with Crippen molar-refractivity contribution in [1.29, 1.82) is 5.26 Å². The molecule has 0 aliphatic heterocycles. The fraction of sp³-hybridized carbons (Fsp3) is 0.214. The van der Waals surface area contributed by atoms with Crippen LogP contribution in [0.4, 0.5) is 19.0 Å². The molecule has 0 aliphatic carbocycles. The standard InChI is InChI=1S/C14H11F3N4O2/c1-8(13(22)21-12(19)9(6-18)7-20-21)23-11-5-3-2-4-10(11)14(15,16)17/h2-5,7-8H,19H2,1H3. The molecule has 0 saturated carbocycles. The molecule has 2 N–H and O–H groups in total. The molecule has 0 spiro atoms. The maximum Gasteiger partial charge on any atom is 0.419 e. The molecule has 6 nitrogen and oxygen atoms in total. The highest BCUT2D eigenvalue weighted by molar-refractivity contribution is 5.86. The van der Waals surface area contributed by atoms with Gasteiger partial charge in [-0.05, 0) is 19.1 Å². The van der Waals surface area contributed by atoms with E-state index in [9.17, 15) is 18.0 Å². The van der Waals surface area contributed by atoms with Gasteiger partial charge in [-0.15, -0.1) is 0 Å². The normalized spacial score (nSPS) is 12.5. The molecule has 1 unspecified atom stereocenters. The zero-order valence-corrected chi connectivity index (χ0v) is 11.8. The second-order valence-electron chi connectivity index (χ2n) is 4.56. The summed E-state index contributed by atoms with van der Waals surface area (Å²) >= 11 is 0. The zero-order chi connectivity index (χ0) is 17.2. The molecule has 1 aromatic carbocycles. The van der Waals surface area contributed by atoms with Crippen molar-refractivity contribution < 1.29 is 22.7 Å². The molecule has 0 saturated heterocycles. The summed E-state index contributed by atoms with van der Waals surface area (Å²) in [5.74, 6) is -1.47. The lowest BCUT2D eigenvalue weighted by Gasteiger charge is -2.18. The van der Waals surface area contributed by atoms with E-state index in [0.717, 1.165) is 23.0 Å². The number of ether oxygens (including phenoxy) is 1. The van der Waals surface area contributed by atoms with Gasteiger partial charge in [0.15, 0.2) is 6.10 Å². The fourth-order valence-electron chi connectivity index (χ4n) is 1.84. The van der Waals surface area contributed by atoms with Crippen LogP contribution in [0.25, 0.3) is 0 Å². The Labute approximate surface area is 128 Å². The summed E-state index contributed by atoms with van der Waals surface area (Å²) in [5, 5.41) is 12.4.